The number of nitro benzene ring substituents is 1. The first-order valence-electron chi connectivity index (χ1n) is 6.21. The second-order valence-electron chi connectivity index (χ2n) is 4.73. The molecule has 111 valence electrons. The highest BCUT2D eigenvalue weighted by Gasteiger charge is 2.29. The lowest BCUT2D eigenvalue weighted by Gasteiger charge is -2.31. The van der Waals surface area contributed by atoms with Crippen LogP contribution in [-0.2, 0) is 10.0 Å². The zero-order chi connectivity index (χ0) is 15.6. The zero-order valence-electron chi connectivity index (χ0n) is 11.4. The van der Waals surface area contributed by atoms with E-state index in [1.54, 1.807) is 0 Å². The fourth-order valence-electron chi connectivity index (χ4n) is 2.02. The lowest BCUT2D eigenvalue weighted by atomic mass is 10.2. The lowest BCUT2D eigenvalue weighted by molar-refractivity contribution is -0.385. The molecule has 1 aliphatic heterocycles. The van der Waals surface area contributed by atoms with Gasteiger partial charge in [0.25, 0.3) is 5.69 Å². The van der Waals surface area contributed by atoms with E-state index in [1.165, 1.54) is 4.31 Å². The van der Waals surface area contributed by atoms with Crippen LogP contribution in [0.1, 0.15) is 5.56 Å². The third kappa shape index (κ3) is 3.21. The molecule has 2 rings (SSSR count). The number of rotatable bonds is 3. The van der Waals surface area contributed by atoms with E-state index in [-0.39, 0.29) is 16.1 Å². The molecule has 1 aromatic rings. The summed E-state index contributed by atoms with van der Waals surface area (Å²) in [4.78, 5) is 12.0. The van der Waals surface area contributed by atoms with Crippen LogP contribution in [0.25, 0.3) is 0 Å². The van der Waals surface area contributed by atoms with E-state index in [9.17, 15) is 18.5 Å². The number of non-ortho nitro benzene ring substituents is 1. The fourth-order valence-corrected chi connectivity index (χ4v) is 3.45. The molecule has 7 nitrogen and oxygen atoms in total. The molecule has 21 heavy (non-hydrogen) atoms. The maximum absolute atomic E-state index is 12.5. The maximum Gasteiger partial charge on any atom is 0.272 e. The normalized spacial score (nSPS) is 17.3. The Labute approximate surface area is 123 Å². The van der Waals surface area contributed by atoms with Crippen molar-refractivity contribution in [1.29, 1.82) is 0 Å². The van der Waals surface area contributed by atoms with Crippen LogP contribution in [0.4, 0.5) is 5.69 Å². The summed E-state index contributed by atoms with van der Waals surface area (Å²) in [5.74, 6) is 2.19. The van der Waals surface area contributed by atoms with Crippen molar-refractivity contribution in [3.8, 4) is 12.3 Å². The zero-order valence-corrected chi connectivity index (χ0v) is 12.3. The summed E-state index contributed by atoms with van der Waals surface area (Å²) in [6.45, 7) is 1.88. The molecule has 0 amide bonds. The number of likely N-dealkylation sites (N-methyl/N-ethyl adjacent to an activating group) is 1. The molecular formula is C13H14N3O4S. The van der Waals surface area contributed by atoms with Crippen LogP contribution < -0.4 is 0 Å². The molecule has 1 heterocycles. The van der Waals surface area contributed by atoms with E-state index in [0.29, 0.717) is 26.2 Å². The lowest BCUT2D eigenvalue weighted by Crippen LogP contribution is -2.47. The van der Waals surface area contributed by atoms with Crippen molar-refractivity contribution in [3.63, 3.8) is 0 Å². The van der Waals surface area contributed by atoms with Gasteiger partial charge >= 0.3 is 0 Å². The van der Waals surface area contributed by atoms with Gasteiger partial charge in [0.1, 0.15) is 0 Å². The van der Waals surface area contributed by atoms with Crippen LogP contribution in [-0.4, -0.2) is 55.8 Å². The maximum atomic E-state index is 12.5. The molecule has 0 N–H and O–H groups in total. The van der Waals surface area contributed by atoms with Gasteiger partial charge in [-0.05, 0) is 7.05 Å². The summed E-state index contributed by atoms with van der Waals surface area (Å²) in [7, 11) is -1.92. The third-order valence-electron chi connectivity index (χ3n) is 3.28. The molecule has 1 radical (unpaired) electrons. The first-order valence-corrected chi connectivity index (χ1v) is 7.65. The van der Waals surface area contributed by atoms with Crippen molar-refractivity contribution in [2.75, 3.05) is 33.2 Å². The minimum atomic E-state index is -3.82. The van der Waals surface area contributed by atoms with E-state index in [0.717, 1.165) is 12.1 Å². The Morgan fingerprint density at radius 1 is 1.33 bits per heavy atom. The molecule has 0 atom stereocenters. The van der Waals surface area contributed by atoms with E-state index in [1.807, 2.05) is 11.9 Å². The minimum absolute atomic E-state index is 0.0527. The van der Waals surface area contributed by atoms with Crippen LogP contribution in [0.15, 0.2) is 17.0 Å². The minimum Gasteiger partial charge on any atom is -0.304 e. The third-order valence-corrected chi connectivity index (χ3v) is 5.10. The highest BCUT2D eigenvalue weighted by molar-refractivity contribution is 7.89. The standard InChI is InChI=1S/C13H14N3O4S/c1-3-11-8-12(16(17)18)10-13(9-11)21(19,20)15-6-4-14(2)5-7-15/h1,8,10H,4-7H2,2H3. The molecule has 0 bridgehead atoms. The Morgan fingerprint density at radius 2 is 1.95 bits per heavy atom. The van der Waals surface area contributed by atoms with Gasteiger partial charge < -0.3 is 4.90 Å². The number of benzene rings is 1. The van der Waals surface area contributed by atoms with Gasteiger partial charge in [-0.1, -0.05) is 5.92 Å². The summed E-state index contributed by atoms with van der Waals surface area (Å²) in [5, 5.41) is 10.9. The van der Waals surface area contributed by atoms with E-state index < -0.39 is 14.9 Å². The molecule has 0 saturated carbocycles. The van der Waals surface area contributed by atoms with Crippen LogP contribution in [0.5, 0.6) is 0 Å². The van der Waals surface area contributed by atoms with E-state index in [4.69, 9.17) is 6.42 Å². The first-order chi connectivity index (χ1) is 9.84. The molecule has 1 aliphatic rings. The van der Waals surface area contributed by atoms with Gasteiger partial charge in [0, 0.05) is 49.9 Å². The van der Waals surface area contributed by atoms with Crippen LogP contribution in [0.2, 0.25) is 0 Å². The number of sulfonamides is 1. The number of terminal acetylenes is 1. The molecule has 1 aromatic carbocycles. The summed E-state index contributed by atoms with van der Waals surface area (Å²) < 4.78 is 26.3. The Hall–Kier alpha value is -1.95. The smallest absolute Gasteiger partial charge is 0.272 e. The second kappa shape index (κ2) is 5.81. The van der Waals surface area contributed by atoms with E-state index in [2.05, 4.69) is 12.0 Å². The van der Waals surface area contributed by atoms with Crippen molar-refractivity contribution < 1.29 is 13.3 Å². The van der Waals surface area contributed by atoms with Crippen LogP contribution >= 0.6 is 0 Å². The fraction of sp³-hybridized carbons (Fsp3) is 0.385. The quantitative estimate of drug-likeness (QED) is 0.456. The molecule has 8 heteroatoms. The average Bonchev–Trinajstić information content (AvgIpc) is 2.47. The van der Waals surface area contributed by atoms with Gasteiger partial charge in [0.2, 0.25) is 10.0 Å². The number of nitrogens with zero attached hydrogens (tertiary/aromatic N) is 3. The van der Waals surface area contributed by atoms with Gasteiger partial charge in [0.05, 0.1) is 9.82 Å². The van der Waals surface area contributed by atoms with Gasteiger partial charge in [0.15, 0.2) is 0 Å². The molecule has 1 saturated heterocycles. The SMILES string of the molecule is C#Cc1[c]c(S(=O)(=O)N2CCN(C)CC2)cc([N+](=O)[O-])c1. The summed E-state index contributed by atoms with van der Waals surface area (Å²) in [6, 6.07) is 4.68. The van der Waals surface area contributed by atoms with Crippen molar-refractivity contribution in [2.24, 2.45) is 0 Å². The molecule has 0 aromatic heterocycles. The monoisotopic (exact) mass is 308 g/mol. The van der Waals surface area contributed by atoms with Gasteiger partial charge in [-0.3, -0.25) is 10.1 Å². The molecule has 0 unspecified atom stereocenters. The summed E-state index contributed by atoms with van der Waals surface area (Å²) >= 11 is 0. The molecule has 0 spiro atoms. The molecule has 1 fully saturated rings. The second-order valence-corrected chi connectivity index (χ2v) is 6.63. The van der Waals surface area contributed by atoms with Crippen LogP contribution in [0, 0.1) is 28.5 Å². The number of nitro groups is 1. The van der Waals surface area contributed by atoms with Crippen molar-refractivity contribution >= 4 is 15.7 Å². The topological polar surface area (TPSA) is 83.8 Å². The number of piperazine rings is 1. The highest BCUT2D eigenvalue weighted by Crippen LogP contribution is 2.23. The summed E-state index contributed by atoms with van der Waals surface area (Å²) in [6.07, 6.45) is 5.21. The van der Waals surface area contributed by atoms with Crippen molar-refractivity contribution in [2.45, 2.75) is 4.90 Å². The van der Waals surface area contributed by atoms with Gasteiger partial charge in [-0.15, -0.1) is 6.42 Å². The Bertz CT molecular complexity index is 701. The van der Waals surface area contributed by atoms with E-state index >= 15 is 0 Å². The van der Waals surface area contributed by atoms with Crippen LogP contribution in [0.3, 0.4) is 0 Å². The highest BCUT2D eigenvalue weighted by atomic mass is 32.2. The van der Waals surface area contributed by atoms with Gasteiger partial charge in [-0.2, -0.15) is 4.31 Å². The molecule has 0 aliphatic carbocycles. The Balaban J connectivity index is 2.42. The predicted molar refractivity (Wildman–Crippen MR) is 76.1 cm³/mol. The van der Waals surface area contributed by atoms with Crippen molar-refractivity contribution in [3.05, 3.63) is 33.9 Å². The molecular weight excluding hydrogens is 294 g/mol. The predicted octanol–water partition coefficient (Wildman–Crippen LogP) is 0.312. The summed E-state index contributed by atoms with van der Waals surface area (Å²) in [5.41, 5.74) is -0.300. The van der Waals surface area contributed by atoms with Gasteiger partial charge in [-0.25, -0.2) is 8.42 Å². The Morgan fingerprint density at radius 3 is 2.48 bits per heavy atom. The average molecular weight is 308 g/mol. The van der Waals surface area contributed by atoms with Crippen molar-refractivity contribution in [1.82, 2.24) is 9.21 Å². The first kappa shape index (κ1) is 15.4. The number of hydrogen-bond acceptors (Lipinski definition) is 5. The number of hydrogen-bond donors (Lipinski definition) is 0. The Kier molecular flexibility index (Phi) is 4.27. The largest absolute Gasteiger partial charge is 0.304 e.